The summed E-state index contributed by atoms with van der Waals surface area (Å²) < 4.78 is 35.7. The summed E-state index contributed by atoms with van der Waals surface area (Å²) in [5, 5.41) is 37.4. The Hall–Kier alpha value is -2.27. The fourth-order valence-corrected chi connectivity index (χ4v) is 3.77. The van der Waals surface area contributed by atoms with Crippen LogP contribution in [0.4, 0.5) is 11.4 Å². The van der Waals surface area contributed by atoms with E-state index in [0.29, 0.717) is 11.4 Å². The van der Waals surface area contributed by atoms with Gasteiger partial charge in [-0.15, -0.1) is 5.11 Å². The second kappa shape index (κ2) is 11.2. The molecule has 0 atom stereocenters. The molecule has 1 radical (unpaired) electrons. The van der Waals surface area contributed by atoms with Crippen molar-refractivity contribution < 1.29 is 75.6 Å². The van der Waals surface area contributed by atoms with E-state index in [1.807, 2.05) is 0 Å². The zero-order valence-corrected chi connectivity index (χ0v) is 21.5. The molecule has 0 saturated carbocycles. The number of azo groups is 1. The maximum Gasteiger partial charge on any atom is 3.00 e. The Morgan fingerprint density at radius 3 is 2.06 bits per heavy atom. The molecule has 10 nitrogen and oxygen atoms in total. The molecule has 1 heterocycles. The summed E-state index contributed by atoms with van der Waals surface area (Å²) in [7, 11) is -4.86. The predicted molar refractivity (Wildman–Crippen MR) is 105 cm³/mol. The molecule has 0 fully saturated rings. The summed E-state index contributed by atoms with van der Waals surface area (Å²) in [5.74, 6) is -1.31. The number of aryl methyl sites for hydroxylation is 1. The standard InChI is InChI=1S/C20H16N4O5S.Cr.Na.H2O/c1-12-18(20(26)24(23-12)13-7-3-2-4-8-13)21-22-19-15-10-6-5-9-14(15)17(11-16(19)25)30(27,28)29;;;/h2-11,25-26H,1H3,(H,27,28,29);;;1H2/q;+3;+1;/p-4. The third-order valence-electron chi connectivity index (χ3n) is 4.45. The molecule has 4 aromatic rings. The topological polar surface area (TPSA) is 176 Å². The predicted octanol–water partition coefficient (Wildman–Crippen LogP) is -0.375. The molecule has 0 amide bonds. The van der Waals surface area contributed by atoms with Crippen LogP contribution in [0.5, 0.6) is 11.6 Å². The Morgan fingerprint density at radius 2 is 1.45 bits per heavy atom. The van der Waals surface area contributed by atoms with Crippen molar-refractivity contribution in [1.29, 1.82) is 0 Å². The van der Waals surface area contributed by atoms with E-state index in [0.717, 1.165) is 6.07 Å². The van der Waals surface area contributed by atoms with Crippen LogP contribution >= 0.6 is 0 Å². The Morgan fingerprint density at radius 1 is 0.909 bits per heavy atom. The minimum atomic E-state index is -4.86. The van der Waals surface area contributed by atoms with Gasteiger partial charge in [-0.05, 0) is 25.1 Å². The average molecular weight is 513 g/mol. The van der Waals surface area contributed by atoms with E-state index in [4.69, 9.17) is 0 Å². The van der Waals surface area contributed by atoms with E-state index in [2.05, 4.69) is 15.3 Å². The van der Waals surface area contributed by atoms with Gasteiger partial charge in [-0.3, -0.25) is 0 Å². The second-order valence-electron chi connectivity index (χ2n) is 6.41. The minimum Gasteiger partial charge on any atom is -0.871 e. The molecule has 3 aromatic carbocycles. The normalized spacial score (nSPS) is 11.0. The molecule has 0 unspecified atom stereocenters. The molecular weight excluding hydrogens is 499 g/mol. The molecule has 1 N–H and O–H groups in total. The van der Waals surface area contributed by atoms with Gasteiger partial charge in [-0.1, -0.05) is 48.2 Å². The van der Waals surface area contributed by atoms with Gasteiger partial charge in [0.15, 0.2) is 0 Å². The molecule has 163 valence electrons. The van der Waals surface area contributed by atoms with Gasteiger partial charge in [-0.2, -0.15) is 10.2 Å². The molecule has 0 spiro atoms. The van der Waals surface area contributed by atoms with Crippen molar-refractivity contribution in [2.24, 2.45) is 10.2 Å². The summed E-state index contributed by atoms with van der Waals surface area (Å²) in [6, 6.07) is 15.4. The van der Waals surface area contributed by atoms with Gasteiger partial charge in [0.2, 0.25) is 0 Å². The maximum atomic E-state index is 12.7. The van der Waals surface area contributed by atoms with Crippen LogP contribution in [-0.2, 0) is 27.5 Å². The van der Waals surface area contributed by atoms with Crippen molar-refractivity contribution in [1.82, 2.24) is 9.78 Å². The van der Waals surface area contributed by atoms with E-state index in [1.165, 1.54) is 22.9 Å². The summed E-state index contributed by atoms with van der Waals surface area (Å²) in [6.45, 7) is 1.58. The second-order valence-corrected chi connectivity index (χ2v) is 7.76. The first-order chi connectivity index (χ1) is 14.3. The number of benzene rings is 3. The summed E-state index contributed by atoms with van der Waals surface area (Å²) in [6.07, 6.45) is 0. The van der Waals surface area contributed by atoms with Gasteiger partial charge in [0, 0.05) is 16.7 Å². The number of hydrogen-bond acceptors (Lipinski definition) is 9. The Balaban J connectivity index is 0.00000181. The average Bonchev–Trinajstić information content (AvgIpc) is 3.00. The monoisotopic (exact) mass is 513 g/mol. The van der Waals surface area contributed by atoms with Crippen LogP contribution in [0.15, 0.2) is 75.8 Å². The SMILES string of the molecule is Cc1nn(-c2ccccc2)c([O-])c1N=Nc1c([O-])cc(S(=O)(=O)[O-])c2ccccc12.[Cr+3].[Na+].[OH-]. The van der Waals surface area contributed by atoms with Gasteiger partial charge >= 0.3 is 46.9 Å². The molecule has 0 saturated heterocycles. The molecule has 0 bridgehead atoms. The van der Waals surface area contributed by atoms with Crippen molar-refractivity contribution in [2.75, 3.05) is 0 Å². The van der Waals surface area contributed by atoms with Crippen LogP contribution in [0.25, 0.3) is 16.5 Å². The van der Waals surface area contributed by atoms with Gasteiger partial charge < -0.3 is 20.2 Å². The molecule has 4 rings (SSSR count). The van der Waals surface area contributed by atoms with Crippen LogP contribution in [0.2, 0.25) is 0 Å². The number of rotatable bonds is 4. The van der Waals surface area contributed by atoms with Crippen LogP contribution in [0.1, 0.15) is 5.69 Å². The molecular formula is C20H14CrN4NaO6S. The Labute approximate surface area is 222 Å². The number of aromatic nitrogens is 2. The Bertz CT molecular complexity index is 1410. The maximum absolute atomic E-state index is 12.7. The number of nitrogens with zero attached hydrogens (tertiary/aromatic N) is 4. The van der Waals surface area contributed by atoms with Crippen molar-refractivity contribution in [3.05, 3.63) is 66.4 Å². The zero-order valence-electron chi connectivity index (χ0n) is 17.4. The molecule has 0 aliphatic rings. The zero-order chi connectivity index (χ0) is 21.5. The molecule has 0 aliphatic heterocycles. The summed E-state index contributed by atoms with van der Waals surface area (Å²) >= 11 is 0. The van der Waals surface area contributed by atoms with Gasteiger partial charge in [0.25, 0.3) is 0 Å². The van der Waals surface area contributed by atoms with Crippen LogP contribution in [0, 0.1) is 6.92 Å². The smallest absolute Gasteiger partial charge is 0.871 e. The molecule has 13 heteroatoms. The first-order valence-corrected chi connectivity index (χ1v) is 10.1. The van der Waals surface area contributed by atoms with Crippen LogP contribution < -0.4 is 39.8 Å². The molecule has 1 aromatic heterocycles. The molecule has 33 heavy (non-hydrogen) atoms. The Kier molecular flexibility index (Phi) is 9.80. The molecule has 0 aliphatic carbocycles. The largest absolute Gasteiger partial charge is 3.00 e. The van der Waals surface area contributed by atoms with E-state index in [-0.39, 0.29) is 74.5 Å². The minimum absolute atomic E-state index is 0. The third-order valence-corrected chi connectivity index (χ3v) is 5.33. The quantitative estimate of drug-likeness (QED) is 0.203. The van der Waals surface area contributed by atoms with Crippen molar-refractivity contribution >= 4 is 32.3 Å². The van der Waals surface area contributed by atoms with Gasteiger partial charge in [-0.25, -0.2) is 13.1 Å². The van der Waals surface area contributed by atoms with Crippen LogP contribution in [-0.4, -0.2) is 28.2 Å². The fourth-order valence-electron chi connectivity index (χ4n) is 3.07. The first kappa shape index (κ1) is 28.8. The van der Waals surface area contributed by atoms with Crippen LogP contribution in [0.3, 0.4) is 0 Å². The third kappa shape index (κ3) is 5.63. The first-order valence-electron chi connectivity index (χ1n) is 8.70. The summed E-state index contributed by atoms with van der Waals surface area (Å²) in [5.41, 5.74) is 0.627. The van der Waals surface area contributed by atoms with E-state index in [1.54, 1.807) is 43.3 Å². The summed E-state index contributed by atoms with van der Waals surface area (Å²) in [4.78, 5) is -0.625. The van der Waals surface area contributed by atoms with E-state index in [9.17, 15) is 23.2 Å². The fraction of sp³-hybridized carbons (Fsp3) is 0.0500. The van der Waals surface area contributed by atoms with Crippen molar-refractivity contribution in [3.8, 4) is 17.3 Å². The van der Waals surface area contributed by atoms with Crippen molar-refractivity contribution in [2.45, 2.75) is 11.8 Å². The number of fused-ring (bicyclic) bond motifs is 1. The van der Waals surface area contributed by atoms with Gasteiger partial charge in [0.05, 0.1) is 22.0 Å². The number of hydrogen-bond donors (Lipinski definition) is 0. The van der Waals surface area contributed by atoms with Gasteiger partial charge in [0.1, 0.15) is 15.8 Å². The van der Waals surface area contributed by atoms with Crippen molar-refractivity contribution in [3.63, 3.8) is 0 Å². The van der Waals surface area contributed by atoms with E-state index < -0.39 is 26.6 Å². The van der Waals surface area contributed by atoms with E-state index >= 15 is 0 Å². The number of para-hydroxylation sites is 1.